The second-order valence-corrected chi connectivity index (χ2v) is 6.13. The highest BCUT2D eigenvalue weighted by Gasteiger charge is 2.16. The van der Waals surface area contributed by atoms with Crippen LogP contribution < -0.4 is 10.1 Å². The Morgan fingerprint density at radius 1 is 1.37 bits per heavy atom. The zero-order valence-electron chi connectivity index (χ0n) is 15.7. The molecule has 0 atom stereocenters. The number of ketones is 1. The number of aromatic amines is 1. The maximum atomic E-state index is 11.9. The van der Waals surface area contributed by atoms with Gasteiger partial charge in [0.05, 0.1) is 24.0 Å². The summed E-state index contributed by atoms with van der Waals surface area (Å²) in [6.45, 7) is 3.44. The molecule has 27 heavy (non-hydrogen) atoms. The summed E-state index contributed by atoms with van der Waals surface area (Å²) in [5.41, 5.74) is 12.5. The summed E-state index contributed by atoms with van der Waals surface area (Å²) in [6.07, 6.45) is 3.26. The van der Waals surface area contributed by atoms with Crippen molar-refractivity contribution in [3.05, 3.63) is 53.5 Å². The molecule has 0 unspecified atom stereocenters. The maximum Gasteiger partial charge on any atom is 0.162 e. The number of hydrogen-bond donors (Lipinski definition) is 3. The minimum absolute atomic E-state index is 0.0285. The number of methoxy groups -OCH3 is 1. The molecule has 0 aliphatic carbocycles. The Kier molecular flexibility index (Phi) is 5.03. The summed E-state index contributed by atoms with van der Waals surface area (Å²) in [5.74, 6) is 0.610. The summed E-state index contributed by atoms with van der Waals surface area (Å²) >= 11 is 0. The highest BCUT2D eigenvalue weighted by Crippen LogP contribution is 2.35. The van der Waals surface area contributed by atoms with Crippen LogP contribution in [0.15, 0.2) is 41.8 Å². The van der Waals surface area contributed by atoms with E-state index in [1.807, 2.05) is 31.2 Å². The van der Waals surface area contributed by atoms with Crippen molar-refractivity contribution in [3.63, 3.8) is 0 Å². The normalized spacial score (nSPS) is 11.5. The Balaban J connectivity index is 2.18. The molecule has 3 aromatic rings. The molecule has 7 heteroatoms. The fraction of sp³-hybridized carbons (Fsp3) is 0.200. The van der Waals surface area contributed by atoms with Gasteiger partial charge in [-0.25, -0.2) is 5.53 Å². The number of Topliss-reactive ketones (excluding diaryl/α,β-unsaturated/α-hetero) is 1. The predicted octanol–water partition coefficient (Wildman–Crippen LogP) is 4.30. The van der Waals surface area contributed by atoms with Gasteiger partial charge in [0.2, 0.25) is 0 Å². The van der Waals surface area contributed by atoms with Gasteiger partial charge in [-0.05, 0) is 32.0 Å². The minimum Gasteiger partial charge on any atom is -0.496 e. The van der Waals surface area contributed by atoms with Gasteiger partial charge in [-0.15, -0.1) is 0 Å². The van der Waals surface area contributed by atoms with Gasteiger partial charge in [0.15, 0.2) is 5.78 Å². The lowest BCUT2D eigenvalue weighted by atomic mass is 10.0. The average Bonchev–Trinajstić information content (AvgIpc) is 3.11. The third kappa shape index (κ3) is 3.31. The molecule has 3 N–H and O–H groups in total. The third-order valence-electron chi connectivity index (χ3n) is 4.43. The Morgan fingerprint density at radius 3 is 2.78 bits per heavy atom. The number of carbonyl (C=O) groups excluding carboxylic acids is 1. The van der Waals surface area contributed by atoms with Crippen LogP contribution in [-0.2, 0) is 0 Å². The minimum atomic E-state index is -0.0285. The van der Waals surface area contributed by atoms with Crippen molar-refractivity contribution >= 4 is 22.4 Å². The number of pyridine rings is 1. The standard InChI is InChI=1S/C20H21N5O2/c1-11-20-15(16(9-23-11)12(2)26)8-17(24-20)14-6-5-13(7-19(14)27-4)18(25-21)10-22-3/h5-10,21-22,24H,1-4H3/b18-10-,25-21?. The van der Waals surface area contributed by atoms with Crippen LogP contribution in [0.25, 0.3) is 27.9 Å². The number of H-pyrrole nitrogens is 1. The lowest BCUT2D eigenvalue weighted by Gasteiger charge is -2.10. The van der Waals surface area contributed by atoms with Crippen molar-refractivity contribution in [2.75, 3.05) is 14.2 Å². The fourth-order valence-corrected chi connectivity index (χ4v) is 3.06. The van der Waals surface area contributed by atoms with E-state index in [1.165, 1.54) is 6.92 Å². The number of aromatic nitrogens is 2. The van der Waals surface area contributed by atoms with Crippen molar-refractivity contribution in [1.82, 2.24) is 15.3 Å². The molecular weight excluding hydrogens is 342 g/mol. The van der Waals surface area contributed by atoms with Crippen molar-refractivity contribution in [3.8, 4) is 17.0 Å². The van der Waals surface area contributed by atoms with Crippen LogP contribution in [0.2, 0.25) is 0 Å². The highest BCUT2D eigenvalue weighted by molar-refractivity contribution is 6.07. The smallest absolute Gasteiger partial charge is 0.162 e. The zero-order chi connectivity index (χ0) is 19.6. The molecule has 1 aromatic carbocycles. The number of benzene rings is 1. The number of nitrogens with one attached hydrogen (secondary N) is 3. The van der Waals surface area contributed by atoms with Gasteiger partial charge in [-0.3, -0.25) is 9.78 Å². The molecular formula is C20H21N5O2. The van der Waals surface area contributed by atoms with Crippen LogP contribution >= 0.6 is 0 Å². The van der Waals surface area contributed by atoms with Gasteiger partial charge >= 0.3 is 0 Å². The number of aryl methyl sites for hydroxylation is 1. The SMILES string of the molecule is CN/C=C(\N=N)c1ccc(-c2cc3c(C(C)=O)cnc(C)c3[nH]2)c(OC)c1. The second-order valence-electron chi connectivity index (χ2n) is 6.13. The molecule has 0 saturated carbocycles. The molecule has 0 aliphatic heterocycles. The van der Waals surface area contributed by atoms with E-state index in [0.717, 1.165) is 33.4 Å². The van der Waals surface area contributed by atoms with E-state index in [-0.39, 0.29) is 5.78 Å². The Hall–Kier alpha value is -3.48. The molecule has 0 radical (unpaired) electrons. The van der Waals surface area contributed by atoms with Crippen LogP contribution in [0.3, 0.4) is 0 Å². The summed E-state index contributed by atoms with van der Waals surface area (Å²) in [7, 11) is 3.35. The number of ether oxygens (including phenoxy) is 1. The van der Waals surface area contributed by atoms with Crippen LogP contribution in [0.1, 0.15) is 28.5 Å². The monoisotopic (exact) mass is 363 g/mol. The van der Waals surface area contributed by atoms with Crippen LogP contribution in [0.4, 0.5) is 0 Å². The van der Waals surface area contributed by atoms with Crippen molar-refractivity contribution in [1.29, 1.82) is 5.53 Å². The Morgan fingerprint density at radius 2 is 2.15 bits per heavy atom. The van der Waals surface area contributed by atoms with Crippen molar-refractivity contribution in [2.24, 2.45) is 5.11 Å². The lowest BCUT2D eigenvalue weighted by molar-refractivity contribution is 0.101. The first-order chi connectivity index (χ1) is 13.0. The number of rotatable bonds is 6. The highest BCUT2D eigenvalue weighted by atomic mass is 16.5. The maximum absolute atomic E-state index is 11.9. The topological polar surface area (TPSA) is 103 Å². The first kappa shape index (κ1) is 18.3. The first-order valence-electron chi connectivity index (χ1n) is 8.43. The molecule has 0 spiro atoms. The van der Waals surface area contributed by atoms with E-state index >= 15 is 0 Å². The lowest BCUT2D eigenvalue weighted by Crippen LogP contribution is -1.96. The third-order valence-corrected chi connectivity index (χ3v) is 4.43. The molecule has 0 fully saturated rings. The van der Waals surface area contributed by atoms with Gasteiger partial charge in [-0.2, -0.15) is 5.11 Å². The number of carbonyl (C=O) groups is 1. The largest absolute Gasteiger partial charge is 0.496 e. The number of fused-ring (bicyclic) bond motifs is 1. The van der Waals surface area contributed by atoms with Crippen LogP contribution in [0.5, 0.6) is 5.75 Å². The molecule has 0 saturated heterocycles. The Labute approximate surface area is 157 Å². The predicted molar refractivity (Wildman–Crippen MR) is 105 cm³/mol. The summed E-state index contributed by atoms with van der Waals surface area (Å²) in [5, 5.41) is 7.26. The van der Waals surface area contributed by atoms with E-state index in [2.05, 4.69) is 20.4 Å². The van der Waals surface area contributed by atoms with Gasteiger partial charge < -0.3 is 15.0 Å². The molecule has 0 aliphatic rings. The summed E-state index contributed by atoms with van der Waals surface area (Å²) < 4.78 is 5.56. The van der Waals surface area contributed by atoms with Gasteiger partial charge in [0.1, 0.15) is 11.4 Å². The average molecular weight is 363 g/mol. The summed E-state index contributed by atoms with van der Waals surface area (Å²) in [4.78, 5) is 19.6. The second kappa shape index (κ2) is 7.41. The molecule has 138 valence electrons. The molecule has 3 rings (SSSR count). The molecule has 0 bridgehead atoms. The van der Waals surface area contributed by atoms with Gasteiger partial charge in [0.25, 0.3) is 0 Å². The van der Waals surface area contributed by atoms with Crippen LogP contribution in [-0.4, -0.2) is 29.9 Å². The van der Waals surface area contributed by atoms with Gasteiger partial charge in [0, 0.05) is 41.5 Å². The van der Waals surface area contributed by atoms with E-state index < -0.39 is 0 Å². The van der Waals surface area contributed by atoms with Crippen molar-refractivity contribution in [2.45, 2.75) is 13.8 Å². The number of nitrogens with zero attached hydrogens (tertiary/aromatic N) is 2. The zero-order valence-corrected chi connectivity index (χ0v) is 15.7. The molecule has 7 nitrogen and oxygen atoms in total. The fourth-order valence-electron chi connectivity index (χ4n) is 3.06. The van der Waals surface area contributed by atoms with E-state index in [4.69, 9.17) is 10.3 Å². The quantitative estimate of drug-likeness (QED) is 0.449. The van der Waals surface area contributed by atoms with Crippen molar-refractivity contribution < 1.29 is 9.53 Å². The van der Waals surface area contributed by atoms with Gasteiger partial charge in [-0.1, -0.05) is 6.07 Å². The molecule has 0 amide bonds. The molecule has 2 aromatic heterocycles. The summed E-state index contributed by atoms with van der Waals surface area (Å²) in [6, 6.07) is 7.56. The van der Waals surface area contributed by atoms with E-state index in [0.29, 0.717) is 17.0 Å². The van der Waals surface area contributed by atoms with E-state index in [9.17, 15) is 4.79 Å². The Bertz CT molecular complexity index is 1070. The van der Waals surface area contributed by atoms with E-state index in [1.54, 1.807) is 26.6 Å². The molecule has 2 heterocycles. The first-order valence-corrected chi connectivity index (χ1v) is 8.43. The van der Waals surface area contributed by atoms with Crippen LogP contribution in [0, 0.1) is 12.5 Å². The number of hydrogen-bond acceptors (Lipinski definition) is 6.